The van der Waals surface area contributed by atoms with Gasteiger partial charge in [0.15, 0.2) is 5.13 Å². The summed E-state index contributed by atoms with van der Waals surface area (Å²) in [4.78, 5) is 29.2. The number of aromatic nitrogens is 3. The van der Waals surface area contributed by atoms with Gasteiger partial charge >= 0.3 is 0 Å². The van der Waals surface area contributed by atoms with Crippen LogP contribution in [0.5, 0.6) is 5.75 Å². The summed E-state index contributed by atoms with van der Waals surface area (Å²) in [6, 6.07) is 5.90. The van der Waals surface area contributed by atoms with Crippen molar-refractivity contribution in [3.8, 4) is 5.75 Å². The number of methoxy groups -OCH3 is 1. The predicted octanol–water partition coefficient (Wildman–Crippen LogP) is 2.06. The highest BCUT2D eigenvalue weighted by molar-refractivity contribution is 7.22. The molecule has 8 heteroatoms. The van der Waals surface area contributed by atoms with Crippen molar-refractivity contribution in [1.82, 2.24) is 19.9 Å². The molecule has 0 atom stereocenters. The van der Waals surface area contributed by atoms with Crippen LogP contribution in [0, 0.1) is 0 Å². The molecule has 1 fully saturated rings. The largest absolute Gasteiger partial charge is 0.497 e. The van der Waals surface area contributed by atoms with Gasteiger partial charge in [-0.3, -0.25) is 9.78 Å². The van der Waals surface area contributed by atoms with E-state index in [-0.39, 0.29) is 5.91 Å². The Bertz CT molecular complexity index is 890. The van der Waals surface area contributed by atoms with Crippen LogP contribution in [-0.2, 0) is 0 Å². The van der Waals surface area contributed by atoms with E-state index in [2.05, 4.69) is 14.9 Å². The van der Waals surface area contributed by atoms with Crippen LogP contribution < -0.4 is 9.64 Å². The maximum Gasteiger partial charge on any atom is 0.274 e. The zero-order valence-electron chi connectivity index (χ0n) is 13.8. The number of benzene rings is 1. The second-order valence-corrected chi connectivity index (χ2v) is 6.71. The molecule has 128 valence electrons. The van der Waals surface area contributed by atoms with E-state index < -0.39 is 0 Å². The maximum absolute atomic E-state index is 12.4. The molecule has 3 aromatic rings. The highest BCUT2D eigenvalue weighted by Crippen LogP contribution is 2.31. The third-order valence-electron chi connectivity index (χ3n) is 4.20. The van der Waals surface area contributed by atoms with E-state index in [9.17, 15) is 4.79 Å². The molecule has 0 radical (unpaired) electrons. The highest BCUT2D eigenvalue weighted by Gasteiger charge is 2.24. The molecular formula is C17H17N5O2S. The number of amides is 1. The van der Waals surface area contributed by atoms with Crippen molar-refractivity contribution in [1.29, 1.82) is 0 Å². The number of carbonyl (C=O) groups is 1. The van der Waals surface area contributed by atoms with E-state index in [1.807, 2.05) is 23.1 Å². The number of hydrogen-bond donors (Lipinski definition) is 0. The Kier molecular flexibility index (Phi) is 4.19. The Morgan fingerprint density at radius 3 is 2.76 bits per heavy atom. The van der Waals surface area contributed by atoms with E-state index in [1.54, 1.807) is 30.8 Å². The predicted molar refractivity (Wildman–Crippen MR) is 96.3 cm³/mol. The normalized spacial score (nSPS) is 14.8. The van der Waals surface area contributed by atoms with Crippen LogP contribution >= 0.6 is 11.3 Å². The number of nitrogens with zero attached hydrogens (tertiary/aromatic N) is 5. The molecule has 0 saturated carbocycles. The minimum atomic E-state index is -0.0678. The number of fused-ring (bicyclic) bond motifs is 1. The summed E-state index contributed by atoms with van der Waals surface area (Å²) < 4.78 is 6.37. The minimum Gasteiger partial charge on any atom is -0.497 e. The van der Waals surface area contributed by atoms with Gasteiger partial charge in [-0.25, -0.2) is 9.97 Å². The quantitative estimate of drug-likeness (QED) is 0.716. The number of thiazole rings is 1. The Balaban J connectivity index is 1.46. The molecule has 2 aromatic heterocycles. The lowest BCUT2D eigenvalue weighted by Gasteiger charge is -2.34. The van der Waals surface area contributed by atoms with E-state index in [0.29, 0.717) is 18.8 Å². The van der Waals surface area contributed by atoms with E-state index >= 15 is 0 Å². The number of carbonyl (C=O) groups excluding carboxylic acids is 1. The van der Waals surface area contributed by atoms with Crippen molar-refractivity contribution in [2.75, 3.05) is 38.2 Å². The van der Waals surface area contributed by atoms with Crippen molar-refractivity contribution < 1.29 is 9.53 Å². The number of piperazine rings is 1. The van der Waals surface area contributed by atoms with Crippen LogP contribution in [0.3, 0.4) is 0 Å². The summed E-state index contributed by atoms with van der Waals surface area (Å²) in [5.74, 6) is 0.767. The van der Waals surface area contributed by atoms with Crippen molar-refractivity contribution in [2.24, 2.45) is 0 Å². The van der Waals surface area contributed by atoms with E-state index in [0.717, 1.165) is 34.2 Å². The van der Waals surface area contributed by atoms with Gasteiger partial charge in [0.05, 0.1) is 23.5 Å². The minimum absolute atomic E-state index is 0.0678. The number of rotatable bonds is 3. The molecule has 0 N–H and O–H groups in total. The first-order valence-corrected chi connectivity index (χ1v) is 8.81. The standard InChI is InChI=1S/C17H17N5O2S/c1-24-12-2-3-13-15(10-12)25-17(20-13)22-8-6-21(7-9-22)16(23)14-11-18-4-5-19-14/h2-5,10-11H,6-9H2,1H3. The summed E-state index contributed by atoms with van der Waals surface area (Å²) in [5.41, 5.74) is 1.36. The average Bonchev–Trinajstić information content (AvgIpc) is 3.11. The summed E-state index contributed by atoms with van der Waals surface area (Å²) >= 11 is 1.65. The Morgan fingerprint density at radius 2 is 2.04 bits per heavy atom. The highest BCUT2D eigenvalue weighted by atomic mass is 32.1. The lowest BCUT2D eigenvalue weighted by Crippen LogP contribution is -2.49. The zero-order chi connectivity index (χ0) is 17.2. The van der Waals surface area contributed by atoms with Gasteiger partial charge in [0, 0.05) is 38.6 Å². The summed E-state index contributed by atoms with van der Waals surface area (Å²) in [7, 11) is 1.66. The molecule has 1 aromatic carbocycles. The van der Waals surface area contributed by atoms with Crippen LogP contribution in [0.1, 0.15) is 10.5 Å². The lowest BCUT2D eigenvalue weighted by atomic mass is 10.3. The molecule has 0 spiro atoms. The molecule has 1 amide bonds. The molecule has 7 nitrogen and oxygen atoms in total. The molecular weight excluding hydrogens is 338 g/mol. The van der Waals surface area contributed by atoms with Gasteiger partial charge in [-0.2, -0.15) is 0 Å². The van der Waals surface area contributed by atoms with Crippen LogP contribution in [0.15, 0.2) is 36.8 Å². The monoisotopic (exact) mass is 355 g/mol. The van der Waals surface area contributed by atoms with Gasteiger partial charge in [0.2, 0.25) is 0 Å². The molecule has 0 unspecified atom stereocenters. The van der Waals surface area contributed by atoms with Gasteiger partial charge in [-0.15, -0.1) is 0 Å². The number of hydrogen-bond acceptors (Lipinski definition) is 7. The van der Waals surface area contributed by atoms with Gasteiger partial charge in [-0.1, -0.05) is 11.3 Å². The van der Waals surface area contributed by atoms with Gasteiger partial charge in [0.25, 0.3) is 5.91 Å². The Morgan fingerprint density at radius 1 is 1.20 bits per heavy atom. The zero-order valence-corrected chi connectivity index (χ0v) is 14.6. The first-order chi connectivity index (χ1) is 12.2. The molecule has 1 saturated heterocycles. The van der Waals surface area contributed by atoms with Crippen LogP contribution in [-0.4, -0.2) is 59.0 Å². The van der Waals surface area contributed by atoms with Crippen molar-refractivity contribution >= 4 is 32.6 Å². The van der Waals surface area contributed by atoms with Crippen molar-refractivity contribution in [3.05, 3.63) is 42.5 Å². The van der Waals surface area contributed by atoms with Crippen molar-refractivity contribution in [2.45, 2.75) is 0 Å². The van der Waals surface area contributed by atoms with Crippen LogP contribution in [0.2, 0.25) is 0 Å². The molecule has 4 rings (SSSR count). The Labute approximate surface area is 148 Å². The topological polar surface area (TPSA) is 71.5 Å². The summed E-state index contributed by atoms with van der Waals surface area (Å²) in [5, 5.41) is 0.981. The molecule has 3 heterocycles. The van der Waals surface area contributed by atoms with E-state index in [1.165, 1.54) is 6.20 Å². The summed E-state index contributed by atoms with van der Waals surface area (Å²) in [6.45, 7) is 2.80. The first kappa shape index (κ1) is 15.8. The molecule has 1 aliphatic heterocycles. The van der Waals surface area contributed by atoms with Crippen LogP contribution in [0.4, 0.5) is 5.13 Å². The number of anilines is 1. The molecule has 0 bridgehead atoms. The smallest absolute Gasteiger partial charge is 0.274 e. The van der Waals surface area contributed by atoms with E-state index in [4.69, 9.17) is 9.72 Å². The maximum atomic E-state index is 12.4. The molecule has 1 aliphatic rings. The first-order valence-electron chi connectivity index (χ1n) is 7.99. The van der Waals surface area contributed by atoms with Gasteiger partial charge in [0.1, 0.15) is 11.4 Å². The fourth-order valence-corrected chi connectivity index (χ4v) is 3.87. The van der Waals surface area contributed by atoms with Crippen molar-refractivity contribution in [3.63, 3.8) is 0 Å². The second kappa shape index (κ2) is 6.64. The fraction of sp³-hybridized carbons (Fsp3) is 0.294. The van der Waals surface area contributed by atoms with Gasteiger partial charge < -0.3 is 14.5 Å². The summed E-state index contributed by atoms with van der Waals surface area (Å²) in [6.07, 6.45) is 4.62. The second-order valence-electron chi connectivity index (χ2n) is 5.70. The fourth-order valence-electron chi connectivity index (χ4n) is 2.83. The SMILES string of the molecule is COc1ccc2nc(N3CCN(C(=O)c4cnccn4)CC3)sc2c1. The molecule has 0 aliphatic carbocycles. The Hall–Kier alpha value is -2.74. The molecule has 25 heavy (non-hydrogen) atoms. The van der Waals surface area contributed by atoms with Gasteiger partial charge in [-0.05, 0) is 18.2 Å². The third kappa shape index (κ3) is 3.12. The lowest BCUT2D eigenvalue weighted by molar-refractivity contribution is 0.0740. The average molecular weight is 355 g/mol. The van der Waals surface area contributed by atoms with Crippen LogP contribution in [0.25, 0.3) is 10.2 Å². The number of ether oxygens (including phenoxy) is 1. The third-order valence-corrected chi connectivity index (χ3v) is 5.28.